The molecule has 1 amide bonds. The number of halogens is 1. The number of nitrogens with zero attached hydrogens (tertiary/aromatic N) is 3. The fourth-order valence-corrected chi connectivity index (χ4v) is 3.49. The lowest BCUT2D eigenvalue weighted by Crippen LogP contribution is -2.36. The maximum Gasteiger partial charge on any atom is 0.257 e. The van der Waals surface area contributed by atoms with Crippen LogP contribution in [-0.4, -0.2) is 21.6 Å². The number of aliphatic imine (C=N–C) groups is 1. The van der Waals surface area contributed by atoms with Gasteiger partial charge in [-0.2, -0.15) is 5.10 Å². The number of aryl methyl sites for hydroxylation is 4. The van der Waals surface area contributed by atoms with Gasteiger partial charge < -0.3 is 5.32 Å². The van der Waals surface area contributed by atoms with Crippen LogP contribution in [0.4, 0.5) is 10.1 Å². The highest BCUT2D eigenvalue weighted by molar-refractivity contribution is 6.10. The van der Waals surface area contributed by atoms with E-state index < -0.39 is 0 Å². The third kappa shape index (κ3) is 5.57. The Morgan fingerprint density at radius 1 is 1.06 bits per heavy atom. The predicted molar refractivity (Wildman–Crippen MR) is 122 cm³/mol. The van der Waals surface area contributed by atoms with Crippen LogP contribution < -0.4 is 10.6 Å². The Bertz CT molecular complexity index is 1100. The van der Waals surface area contributed by atoms with Crippen LogP contribution >= 0.6 is 0 Å². The normalized spacial score (nSPS) is 11.5. The predicted octanol–water partition coefficient (Wildman–Crippen LogP) is 4.67. The minimum atomic E-state index is -0.332. The molecule has 31 heavy (non-hydrogen) atoms. The van der Waals surface area contributed by atoms with E-state index in [0.29, 0.717) is 23.8 Å². The second-order valence-electron chi connectivity index (χ2n) is 7.59. The van der Waals surface area contributed by atoms with Crippen molar-refractivity contribution in [3.8, 4) is 0 Å². The summed E-state index contributed by atoms with van der Waals surface area (Å²) < 4.78 is 15.2. The van der Waals surface area contributed by atoms with Crippen LogP contribution in [0.15, 0.2) is 47.5 Å². The van der Waals surface area contributed by atoms with Gasteiger partial charge in [-0.25, -0.2) is 9.38 Å². The number of hydrogen-bond donors (Lipinski definition) is 2. The topological polar surface area (TPSA) is 71.3 Å². The van der Waals surface area contributed by atoms with E-state index in [1.165, 1.54) is 12.1 Å². The maximum absolute atomic E-state index is 13.3. The van der Waals surface area contributed by atoms with Crippen LogP contribution in [0.1, 0.15) is 45.4 Å². The van der Waals surface area contributed by atoms with E-state index in [0.717, 1.165) is 34.6 Å². The van der Waals surface area contributed by atoms with Crippen LogP contribution in [0.5, 0.6) is 0 Å². The number of carbonyl (C=O) groups is 1. The first kappa shape index (κ1) is 22.2. The molecule has 2 N–H and O–H groups in total. The van der Waals surface area contributed by atoms with Crippen molar-refractivity contribution in [3.63, 3.8) is 0 Å². The average Bonchev–Trinajstić information content (AvgIpc) is 3.00. The maximum atomic E-state index is 13.3. The highest BCUT2D eigenvalue weighted by Gasteiger charge is 2.13. The Kier molecular flexibility index (Phi) is 6.84. The molecule has 6 nitrogen and oxygen atoms in total. The van der Waals surface area contributed by atoms with Crippen LogP contribution in [0, 0.1) is 33.5 Å². The molecule has 0 saturated carbocycles. The third-order valence-corrected chi connectivity index (χ3v) is 5.05. The van der Waals surface area contributed by atoms with Crippen molar-refractivity contribution in [2.24, 2.45) is 4.99 Å². The Hall–Kier alpha value is -3.48. The Morgan fingerprint density at radius 2 is 1.71 bits per heavy atom. The minimum absolute atomic E-state index is 0.266. The van der Waals surface area contributed by atoms with Crippen molar-refractivity contribution in [3.05, 3.63) is 81.9 Å². The number of carbonyl (C=O) groups excluding carboxylic acids is 1. The van der Waals surface area contributed by atoms with Crippen molar-refractivity contribution in [2.75, 3.05) is 5.32 Å². The molecule has 0 spiro atoms. The Labute approximate surface area is 182 Å². The van der Waals surface area contributed by atoms with E-state index in [2.05, 4.69) is 20.7 Å². The molecule has 2 aromatic carbocycles. The molecule has 0 bridgehead atoms. The van der Waals surface area contributed by atoms with Crippen LogP contribution in [0.25, 0.3) is 0 Å². The molecule has 0 radical (unpaired) electrons. The molecule has 1 heterocycles. The molecule has 0 fully saturated rings. The number of amides is 1. The summed E-state index contributed by atoms with van der Waals surface area (Å²) in [4.78, 5) is 17.5. The SMILES string of the molecule is CCn1nc(C)c(CN=C(NC(=O)c2cc(C)cc(C)c2)Nc2ccc(F)cc2)c1C. The van der Waals surface area contributed by atoms with Crippen molar-refractivity contribution < 1.29 is 9.18 Å². The van der Waals surface area contributed by atoms with E-state index in [9.17, 15) is 9.18 Å². The monoisotopic (exact) mass is 421 g/mol. The standard InChI is InChI=1S/C24H28FN5O/c1-6-30-18(5)22(17(4)29-30)14-26-24(27-21-9-7-20(25)8-10-21)28-23(31)19-12-15(2)11-16(3)13-19/h7-13H,6,14H2,1-5H3,(H2,26,27,28,31). The molecule has 0 atom stereocenters. The first-order valence-corrected chi connectivity index (χ1v) is 10.3. The van der Waals surface area contributed by atoms with Gasteiger partial charge >= 0.3 is 0 Å². The average molecular weight is 422 g/mol. The van der Waals surface area contributed by atoms with E-state index in [-0.39, 0.29) is 11.7 Å². The van der Waals surface area contributed by atoms with Gasteiger partial charge in [-0.15, -0.1) is 0 Å². The summed E-state index contributed by atoms with van der Waals surface area (Å²) >= 11 is 0. The molecule has 0 aliphatic rings. The van der Waals surface area contributed by atoms with Crippen LogP contribution in [-0.2, 0) is 13.1 Å². The second kappa shape index (κ2) is 9.55. The van der Waals surface area contributed by atoms with E-state index in [4.69, 9.17) is 0 Å². The van der Waals surface area contributed by atoms with Crippen LogP contribution in [0.2, 0.25) is 0 Å². The number of rotatable bonds is 5. The quantitative estimate of drug-likeness (QED) is 0.464. The fourth-order valence-electron chi connectivity index (χ4n) is 3.49. The van der Waals surface area contributed by atoms with Gasteiger partial charge in [-0.1, -0.05) is 17.2 Å². The molecular weight excluding hydrogens is 393 g/mol. The molecular formula is C24H28FN5O. The molecule has 0 unspecified atom stereocenters. The van der Waals surface area contributed by atoms with Gasteiger partial charge in [0, 0.05) is 29.1 Å². The Morgan fingerprint density at radius 3 is 2.29 bits per heavy atom. The van der Waals surface area contributed by atoms with Gasteiger partial charge in [0.05, 0.1) is 12.2 Å². The third-order valence-electron chi connectivity index (χ3n) is 5.05. The molecule has 0 saturated heterocycles. The zero-order valence-corrected chi connectivity index (χ0v) is 18.6. The highest BCUT2D eigenvalue weighted by Crippen LogP contribution is 2.15. The summed E-state index contributed by atoms with van der Waals surface area (Å²) in [6, 6.07) is 11.6. The number of guanidine groups is 1. The highest BCUT2D eigenvalue weighted by atomic mass is 19.1. The van der Waals surface area contributed by atoms with Crippen molar-refractivity contribution >= 4 is 17.6 Å². The number of aromatic nitrogens is 2. The molecule has 0 aliphatic carbocycles. The van der Waals surface area contributed by atoms with Crippen molar-refractivity contribution in [1.29, 1.82) is 0 Å². The van der Waals surface area contributed by atoms with Gasteiger partial charge in [0.2, 0.25) is 5.96 Å². The molecule has 3 rings (SSSR count). The molecule has 162 valence electrons. The molecule has 1 aromatic heterocycles. The lowest BCUT2D eigenvalue weighted by atomic mass is 10.1. The Balaban J connectivity index is 1.88. The van der Waals surface area contributed by atoms with Gasteiger partial charge in [0.15, 0.2) is 0 Å². The summed E-state index contributed by atoms with van der Waals surface area (Å²) in [5.41, 5.74) is 6.16. The van der Waals surface area contributed by atoms with Gasteiger partial charge in [0.25, 0.3) is 5.91 Å². The van der Waals surface area contributed by atoms with Gasteiger partial charge in [0.1, 0.15) is 5.82 Å². The molecule has 3 aromatic rings. The lowest BCUT2D eigenvalue weighted by Gasteiger charge is -2.13. The summed E-state index contributed by atoms with van der Waals surface area (Å²) in [6.45, 7) is 11.0. The minimum Gasteiger partial charge on any atom is -0.326 e. The van der Waals surface area contributed by atoms with Crippen molar-refractivity contribution in [2.45, 2.75) is 47.7 Å². The zero-order valence-electron chi connectivity index (χ0n) is 18.6. The molecule has 7 heteroatoms. The van der Waals surface area contributed by atoms with Crippen molar-refractivity contribution in [1.82, 2.24) is 15.1 Å². The first-order valence-electron chi connectivity index (χ1n) is 10.3. The summed E-state index contributed by atoms with van der Waals surface area (Å²) in [5.74, 6) is -0.307. The summed E-state index contributed by atoms with van der Waals surface area (Å²) in [6.07, 6.45) is 0. The van der Waals surface area contributed by atoms with E-state index in [1.807, 2.05) is 57.5 Å². The smallest absolute Gasteiger partial charge is 0.257 e. The number of hydrogen-bond acceptors (Lipinski definition) is 3. The van der Waals surface area contributed by atoms with Gasteiger partial charge in [-0.3, -0.25) is 14.8 Å². The van der Waals surface area contributed by atoms with E-state index >= 15 is 0 Å². The number of benzene rings is 2. The summed E-state index contributed by atoms with van der Waals surface area (Å²) in [7, 11) is 0. The van der Waals surface area contributed by atoms with Gasteiger partial charge in [-0.05, 0) is 71.0 Å². The fraction of sp³-hybridized carbons (Fsp3) is 0.292. The first-order chi connectivity index (χ1) is 14.8. The summed E-state index contributed by atoms with van der Waals surface area (Å²) in [5, 5.41) is 10.5. The molecule has 0 aliphatic heterocycles. The lowest BCUT2D eigenvalue weighted by molar-refractivity contribution is 0.0976. The van der Waals surface area contributed by atoms with Crippen LogP contribution in [0.3, 0.4) is 0 Å². The second-order valence-corrected chi connectivity index (χ2v) is 7.59. The number of anilines is 1. The van der Waals surface area contributed by atoms with E-state index in [1.54, 1.807) is 12.1 Å². The zero-order chi connectivity index (χ0) is 22.5. The number of nitrogens with one attached hydrogen (secondary N) is 2. The largest absolute Gasteiger partial charge is 0.326 e.